The van der Waals surface area contributed by atoms with Crippen molar-refractivity contribution in [3.63, 3.8) is 0 Å². The van der Waals surface area contributed by atoms with Crippen LogP contribution in [-0.4, -0.2) is 49.3 Å². The molecular formula is C41H74NO8P. The molecular weight excluding hydrogens is 665 g/mol. The minimum Gasteiger partial charge on any atom is -0.462 e. The standard InChI is InChI=1S/C41H74NO8P/c1-3-5-7-9-11-13-15-17-18-19-20-22-24-26-28-30-32-34-41(44)50-39(38-49-51(45,46)48-36-35-42)37-47-40(43)33-31-29-27-25-23-21-16-14-12-10-8-6-4-2/h14,16-18,20,22,26,28,39H,3-13,15,19,21,23-25,27,29-38,42H2,1-2H3,(H,45,46)/b16-14-,18-17-,22-20-,28-26-/t39-/m1/s1. The van der Waals surface area contributed by atoms with Gasteiger partial charge in [0.15, 0.2) is 6.10 Å². The van der Waals surface area contributed by atoms with Gasteiger partial charge in [-0.15, -0.1) is 0 Å². The molecule has 0 aromatic rings. The van der Waals surface area contributed by atoms with Crippen LogP contribution in [0.25, 0.3) is 0 Å². The molecule has 0 saturated heterocycles. The first kappa shape index (κ1) is 49.0. The van der Waals surface area contributed by atoms with Crippen molar-refractivity contribution in [1.29, 1.82) is 0 Å². The molecule has 0 amide bonds. The molecule has 0 spiro atoms. The number of allylic oxidation sites excluding steroid dienone is 8. The van der Waals surface area contributed by atoms with E-state index in [4.69, 9.17) is 24.3 Å². The van der Waals surface area contributed by atoms with Crippen molar-refractivity contribution >= 4 is 19.8 Å². The van der Waals surface area contributed by atoms with Crippen molar-refractivity contribution < 1.29 is 37.6 Å². The van der Waals surface area contributed by atoms with Crippen molar-refractivity contribution in [3.8, 4) is 0 Å². The van der Waals surface area contributed by atoms with Crippen LogP contribution in [0.3, 0.4) is 0 Å². The topological polar surface area (TPSA) is 134 Å². The second-order valence-electron chi connectivity index (χ2n) is 13.1. The Morgan fingerprint density at radius 3 is 1.61 bits per heavy atom. The molecule has 9 nitrogen and oxygen atoms in total. The third-order valence-corrected chi connectivity index (χ3v) is 9.17. The number of rotatable bonds is 37. The molecule has 0 saturated carbocycles. The van der Waals surface area contributed by atoms with Gasteiger partial charge in [-0.1, -0.05) is 133 Å². The van der Waals surface area contributed by atoms with E-state index in [1.54, 1.807) is 0 Å². The zero-order valence-electron chi connectivity index (χ0n) is 32.3. The van der Waals surface area contributed by atoms with Crippen molar-refractivity contribution in [2.75, 3.05) is 26.4 Å². The van der Waals surface area contributed by atoms with Crippen LogP contribution in [0.2, 0.25) is 0 Å². The molecule has 3 N–H and O–H groups in total. The highest BCUT2D eigenvalue weighted by Gasteiger charge is 2.25. The minimum absolute atomic E-state index is 0.0433. The predicted molar refractivity (Wildman–Crippen MR) is 210 cm³/mol. The fourth-order valence-electron chi connectivity index (χ4n) is 5.17. The Morgan fingerprint density at radius 1 is 0.588 bits per heavy atom. The van der Waals surface area contributed by atoms with Gasteiger partial charge in [-0.05, 0) is 70.6 Å². The van der Waals surface area contributed by atoms with Gasteiger partial charge in [0, 0.05) is 19.4 Å². The molecule has 0 aliphatic heterocycles. The highest BCUT2D eigenvalue weighted by molar-refractivity contribution is 7.47. The molecule has 0 heterocycles. The molecule has 296 valence electrons. The molecule has 2 atom stereocenters. The molecule has 10 heteroatoms. The van der Waals surface area contributed by atoms with Gasteiger partial charge >= 0.3 is 19.8 Å². The van der Waals surface area contributed by atoms with Crippen molar-refractivity contribution in [1.82, 2.24) is 0 Å². The van der Waals surface area contributed by atoms with E-state index in [9.17, 15) is 19.0 Å². The van der Waals surface area contributed by atoms with E-state index in [-0.39, 0.29) is 32.6 Å². The predicted octanol–water partition coefficient (Wildman–Crippen LogP) is 11.2. The number of hydrogen-bond acceptors (Lipinski definition) is 8. The van der Waals surface area contributed by atoms with Crippen LogP contribution in [0.4, 0.5) is 0 Å². The average molecular weight is 740 g/mol. The van der Waals surface area contributed by atoms with Crippen LogP contribution in [0, 0.1) is 0 Å². The molecule has 0 aliphatic carbocycles. The lowest BCUT2D eigenvalue weighted by Crippen LogP contribution is -2.29. The lowest BCUT2D eigenvalue weighted by atomic mass is 10.1. The molecule has 51 heavy (non-hydrogen) atoms. The summed E-state index contributed by atoms with van der Waals surface area (Å²) in [6.07, 6.45) is 41.5. The summed E-state index contributed by atoms with van der Waals surface area (Å²) in [6.45, 7) is 3.63. The second kappa shape index (κ2) is 37.7. The van der Waals surface area contributed by atoms with Crippen LogP contribution in [0.1, 0.15) is 168 Å². The summed E-state index contributed by atoms with van der Waals surface area (Å²) >= 11 is 0. The summed E-state index contributed by atoms with van der Waals surface area (Å²) in [5.74, 6) is -0.903. The number of ether oxygens (including phenoxy) is 2. The van der Waals surface area contributed by atoms with Crippen molar-refractivity contribution in [2.24, 2.45) is 5.73 Å². The Bertz CT molecular complexity index is 981. The molecule has 0 aromatic heterocycles. The monoisotopic (exact) mass is 740 g/mol. The van der Waals surface area contributed by atoms with E-state index in [2.05, 4.69) is 56.4 Å². The Hall–Kier alpha value is -2.03. The third kappa shape index (κ3) is 37.5. The first-order chi connectivity index (χ1) is 24.8. The Kier molecular flexibility index (Phi) is 36.2. The number of carbonyl (C=O) groups is 2. The lowest BCUT2D eigenvalue weighted by molar-refractivity contribution is -0.161. The summed E-state index contributed by atoms with van der Waals surface area (Å²) in [5.41, 5.74) is 5.33. The SMILES string of the molecule is CCCCCC/C=C\CCCCCCCC(=O)OC[C@H](COP(=O)(O)OCCN)OC(=O)CCC/C=C\C/C=C\C/C=C\CCCCCCCC. The minimum atomic E-state index is -4.39. The molecule has 0 rings (SSSR count). The molecule has 0 aromatic carbocycles. The summed E-state index contributed by atoms with van der Waals surface area (Å²) in [4.78, 5) is 34.7. The van der Waals surface area contributed by atoms with E-state index in [1.807, 2.05) is 6.08 Å². The van der Waals surface area contributed by atoms with Gasteiger partial charge in [-0.2, -0.15) is 0 Å². The summed E-state index contributed by atoms with van der Waals surface area (Å²) in [7, 11) is -4.39. The highest BCUT2D eigenvalue weighted by Crippen LogP contribution is 2.43. The largest absolute Gasteiger partial charge is 0.472 e. The lowest BCUT2D eigenvalue weighted by Gasteiger charge is -2.19. The average Bonchev–Trinajstić information content (AvgIpc) is 3.11. The van der Waals surface area contributed by atoms with Crippen LogP contribution in [0.5, 0.6) is 0 Å². The molecule has 0 radical (unpaired) electrons. The van der Waals surface area contributed by atoms with Gasteiger partial charge in [0.25, 0.3) is 0 Å². The van der Waals surface area contributed by atoms with Gasteiger partial charge in [0.2, 0.25) is 0 Å². The Morgan fingerprint density at radius 2 is 1.04 bits per heavy atom. The van der Waals surface area contributed by atoms with E-state index < -0.39 is 32.5 Å². The first-order valence-electron chi connectivity index (χ1n) is 20.1. The normalized spacial score (nSPS) is 13.9. The maximum absolute atomic E-state index is 12.5. The quantitative estimate of drug-likeness (QED) is 0.0276. The third-order valence-electron chi connectivity index (χ3n) is 8.19. The van der Waals surface area contributed by atoms with Crippen LogP contribution in [-0.2, 0) is 32.7 Å². The van der Waals surface area contributed by atoms with Crippen molar-refractivity contribution in [2.45, 2.75) is 174 Å². The fraction of sp³-hybridized carbons (Fsp3) is 0.756. The number of nitrogens with two attached hydrogens (primary N) is 1. The number of unbranched alkanes of at least 4 members (excludes halogenated alkanes) is 16. The van der Waals surface area contributed by atoms with Crippen LogP contribution in [0.15, 0.2) is 48.6 Å². The second-order valence-corrected chi connectivity index (χ2v) is 14.6. The van der Waals surface area contributed by atoms with Gasteiger partial charge in [0.05, 0.1) is 13.2 Å². The highest BCUT2D eigenvalue weighted by atomic mass is 31.2. The molecule has 0 fully saturated rings. The van der Waals surface area contributed by atoms with E-state index in [1.165, 1.54) is 70.6 Å². The van der Waals surface area contributed by atoms with Gasteiger partial charge < -0.3 is 20.1 Å². The zero-order valence-corrected chi connectivity index (χ0v) is 33.2. The Balaban J connectivity index is 4.31. The number of esters is 2. The van der Waals surface area contributed by atoms with Crippen LogP contribution >= 0.6 is 7.82 Å². The maximum atomic E-state index is 12.5. The number of carbonyl (C=O) groups excluding carboxylic acids is 2. The van der Waals surface area contributed by atoms with Crippen LogP contribution < -0.4 is 5.73 Å². The summed E-state index contributed by atoms with van der Waals surface area (Å²) in [6, 6.07) is 0. The van der Waals surface area contributed by atoms with Crippen molar-refractivity contribution in [3.05, 3.63) is 48.6 Å². The fourth-order valence-corrected chi connectivity index (χ4v) is 5.94. The zero-order chi connectivity index (χ0) is 37.5. The van der Waals surface area contributed by atoms with E-state index >= 15 is 0 Å². The number of phosphoric ester groups is 1. The summed E-state index contributed by atoms with van der Waals surface area (Å²) < 4.78 is 32.6. The van der Waals surface area contributed by atoms with Gasteiger partial charge in [-0.25, -0.2) is 4.57 Å². The number of phosphoric acid groups is 1. The molecule has 0 aliphatic rings. The molecule has 1 unspecified atom stereocenters. The first-order valence-corrected chi connectivity index (χ1v) is 21.6. The van der Waals surface area contributed by atoms with E-state index in [0.29, 0.717) is 19.3 Å². The van der Waals surface area contributed by atoms with E-state index in [0.717, 1.165) is 51.4 Å². The smallest absolute Gasteiger partial charge is 0.462 e. The summed E-state index contributed by atoms with van der Waals surface area (Å²) in [5, 5.41) is 0. The maximum Gasteiger partial charge on any atom is 0.472 e. The van der Waals surface area contributed by atoms with Gasteiger partial charge in [0.1, 0.15) is 6.61 Å². The Labute approximate surface area is 311 Å². The molecule has 0 bridgehead atoms. The van der Waals surface area contributed by atoms with Gasteiger partial charge in [-0.3, -0.25) is 18.6 Å². The number of hydrogen-bond donors (Lipinski definition) is 2.